The normalized spacial score (nSPS) is 13.9. The van der Waals surface area contributed by atoms with Crippen molar-refractivity contribution in [3.05, 3.63) is 0 Å². The van der Waals surface area contributed by atoms with E-state index in [1.807, 2.05) is 0 Å². The first-order valence-corrected chi connectivity index (χ1v) is 5.11. The number of aliphatic hydroxyl groups is 1. The standard InChI is InChI=1S/C7H17O3P/c1-4-7(5-8)6-11(9-2)10-3/h7-8H,4-6H2,1-3H3. The van der Waals surface area contributed by atoms with Gasteiger partial charge in [-0.25, -0.2) is 0 Å². The minimum absolute atomic E-state index is 0.224. The van der Waals surface area contributed by atoms with Crippen LogP contribution in [-0.2, 0) is 9.05 Å². The molecule has 0 aliphatic rings. The summed E-state index contributed by atoms with van der Waals surface area (Å²) in [5.74, 6) is 0.320. The Bertz CT molecular complexity index is 71.8. The lowest BCUT2D eigenvalue weighted by Gasteiger charge is -2.17. The van der Waals surface area contributed by atoms with Crippen LogP contribution in [0.5, 0.6) is 0 Å². The Kier molecular flexibility index (Phi) is 7.18. The molecule has 0 aliphatic heterocycles. The van der Waals surface area contributed by atoms with E-state index in [4.69, 9.17) is 14.2 Å². The smallest absolute Gasteiger partial charge is 0.170 e. The van der Waals surface area contributed by atoms with Crippen LogP contribution in [0.25, 0.3) is 0 Å². The van der Waals surface area contributed by atoms with Gasteiger partial charge in [0.15, 0.2) is 8.38 Å². The van der Waals surface area contributed by atoms with Gasteiger partial charge >= 0.3 is 0 Å². The summed E-state index contributed by atoms with van der Waals surface area (Å²) in [7, 11) is 2.51. The van der Waals surface area contributed by atoms with E-state index in [-0.39, 0.29) is 6.61 Å². The zero-order chi connectivity index (χ0) is 8.69. The molecule has 0 aromatic carbocycles. The van der Waals surface area contributed by atoms with Gasteiger partial charge in [-0.05, 0) is 5.92 Å². The molecule has 0 bridgehead atoms. The molecule has 0 aromatic rings. The molecule has 0 saturated carbocycles. The number of hydrogen-bond acceptors (Lipinski definition) is 3. The van der Waals surface area contributed by atoms with Gasteiger partial charge in [-0.3, -0.25) is 0 Å². The summed E-state index contributed by atoms with van der Waals surface area (Å²) in [5.41, 5.74) is 0. The molecular weight excluding hydrogens is 163 g/mol. The second kappa shape index (κ2) is 6.99. The third-order valence-corrected chi connectivity index (χ3v) is 3.28. The predicted molar refractivity (Wildman–Crippen MR) is 46.7 cm³/mol. The van der Waals surface area contributed by atoms with Crippen LogP contribution >= 0.6 is 8.38 Å². The molecule has 0 fully saturated rings. The van der Waals surface area contributed by atoms with Crippen molar-refractivity contribution in [3.63, 3.8) is 0 Å². The fourth-order valence-corrected chi connectivity index (χ4v) is 1.99. The van der Waals surface area contributed by atoms with Crippen molar-refractivity contribution in [2.24, 2.45) is 5.92 Å². The quantitative estimate of drug-likeness (QED) is 0.631. The van der Waals surface area contributed by atoms with Gasteiger partial charge in [-0.1, -0.05) is 13.3 Å². The maximum Gasteiger partial charge on any atom is 0.170 e. The first-order valence-electron chi connectivity index (χ1n) is 3.75. The fraction of sp³-hybridized carbons (Fsp3) is 1.00. The molecule has 1 N–H and O–H groups in total. The van der Waals surface area contributed by atoms with Crippen LogP contribution in [0.2, 0.25) is 0 Å². The summed E-state index contributed by atoms with van der Waals surface area (Å²) in [6.45, 7) is 2.28. The van der Waals surface area contributed by atoms with Crippen LogP contribution in [0, 0.1) is 5.92 Å². The van der Waals surface area contributed by atoms with Crippen molar-refractivity contribution < 1.29 is 14.2 Å². The number of rotatable bonds is 6. The zero-order valence-electron chi connectivity index (χ0n) is 7.41. The summed E-state index contributed by atoms with van der Waals surface area (Å²) in [4.78, 5) is 0. The molecule has 0 rings (SSSR count). The van der Waals surface area contributed by atoms with Gasteiger partial charge in [0.25, 0.3) is 0 Å². The highest BCUT2D eigenvalue weighted by Gasteiger charge is 2.13. The first-order chi connectivity index (χ1) is 5.28. The Balaban J connectivity index is 3.58. The molecule has 0 heterocycles. The van der Waals surface area contributed by atoms with Crippen molar-refractivity contribution >= 4 is 8.38 Å². The van der Waals surface area contributed by atoms with E-state index in [2.05, 4.69) is 6.92 Å². The highest BCUT2D eigenvalue weighted by molar-refractivity contribution is 7.47. The SMILES string of the molecule is CCC(CO)CP(OC)OC. The molecular formula is C7H17O3P. The van der Waals surface area contributed by atoms with Crippen LogP contribution < -0.4 is 0 Å². The third-order valence-electron chi connectivity index (χ3n) is 1.65. The number of hydrogen-bond donors (Lipinski definition) is 1. The molecule has 4 heteroatoms. The lowest BCUT2D eigenvalue weighted by atomic mass is 10.1. The van der Waals surface area contributed by atoms with Gasteiger partial charge in [0.2, 0.25) is 0 Å². The highest BCUT2D eigenvalue weighted by atomic mass is 31.2. The minimum atomic E-state index is -0.767. The maximum absolute atomic E-state index is 8.87. The summed E-state index contributed by atoms with van der Waals surface area (Å²) >= 11 is 0. The Labute approximate surface area is 69.6 Å². The second-order valence-electron chi connectivity index (χ2n) is 2.34. The van der Waals surface area contributed by atoms with Gasteiger partial charge in [-0.2, -0.15) is 0 Å². The van der Waals surface area contributed by atoms with Gasteiger partial charge in [0.05, 0.1) is 0 Å². The summed E-state index contributed by atoms with van der Waals surface area (Å²) in [5, 5.41) is 8.87. The van der Waals surface area contributed by atoms with E-state index in [0.29, 0.717) is 5.92 Å². The fourth-order valence-electron chi connectivity index (χ4n) is 0.750. The topological polar surface area (TPSA) is 38.7 Å². The lowest BCUT2D eigenvalue weighted by molar-refractivity contribution is 0.229. The molecule has 0 saturated heterocycles. The average molecular weight is 180 g/mol. The van der Waals surface area contributed by atoms with E-state index in [1.165, 1.54) is 0 Å². The van der Waals surface area contributed by atoms with E-state index >= 15 is 0 Å². The largest absolute Gasteiger partial charge is 0.396 e. The lowest BCUT2D eigenvalue weighted by Crippen LogP contribution is -2.09. The highest BCUT2D eigenvalue weighted by Crippen LogP contribution is 2.38. The maximum atomic E-state index is 8.87. The van der Waals surface area contributed by atoms with Gasteiger partial charge in [0, 0.05) is 27.0 Å². The zero-order valence-corrected chi connectivity index (χ0v) is 8.30. The third kappa shape index (κ3) is 4.70. The van der Waals surface area contributed by atoms with Crippen molar-refractivity contribution in [2.75, 3.05) is 27.0 Å². The number of aliphatic hydroxyl groups excluding tert-OH is 1. The van der Waals surface area contributed by atoms with Gasteiger partial charge in [0.1, 0.15) is 0 Å². The Morgan fingerprint density at radius 1 is 1.36 bits per heavy atom. The van der Waals surface area contributed by atoms with E-state index < -0.39 is 8.38 Å². The van der Waals surface area contributed by atoms with Crippen molar-refractivity contribution in [1.82, 2.24) is 0 Å². The molecule has 0 radical (unpaired) electrons. The molecule has 1 unspecified atom stereocenters. The second-order valence-corrected chi connectivity index (χ2v) is 4.10. The van der Waals surface area contributed by atoms with Crippen molar-refractivity contribution in [2.45, 2.75) is 13.3 Å². The molecule has 11 heavy (non-hydrogen) atoms. The van der Waals surface area contributed by atoms with E-state index in [1.54, 1.807) is 14.2 Å². The minimum Gasteiger partial charge on any atom is -0.396 e. The summed E-state index contributed by atoms with van der Waals surface area (Å²) in [6.07, 6.45) is 1.80. The molecule has 0 spiro atoms. The van der Waals surface area contributed by atoms with Crippen molar-refractivity contribution in [3.8, 4) is 0 Å². The Morgan fingerprint density at radius 2 is 1.91 bits per heavy atom. The van der Waals surface area contributed by atoms with Crippen LogP contribution in [0.15, 0.2) is 0 Å². The molecule has 0 aromatic heterocycles. The first kappa shape index (κ1) is 11.3. The summed E-state index contributed by atoms with van der Waals surface area (Å²) in [6, 6.07) is 0. The molecule has 0 aliphatic carbocycles. The van der Waals surface area contributed by atoms with Crippen LogP contribution in [0.4, 0.5) is 0 Å². The van der Waals surface area contributed by atoms with Crippen molar-refractivity contribution in [1.29, 1.82) is 0 Å². The van der Waals surface area contributed by atoms with Crippen LogP contribution in [0.1, 0.15) is 13.3 Å². The Morgan fingerprint density at radius 3 is 2.18 bits per heavy atom. The monoisotopic (exact) mass is 180 g/mol. The Hall–Kier alpha value is 0.310. The molecule has 0 amide bonds. The van der Waals surface area contributed by atoms with Gasteiger partial charge < -0.3 is 14.2 Å². The van der Waals surface area contributed by atoms with Crippen LogP contribution in [0.3, 0.4) is 0 Å². The van der Waals surface area contributed by atoms with Crippen LogP contribution in [-0.4, -0.2) is 32.1 Å². The van der Waals surface area contributed by atoms with E-state index in [0.717, 1.165) is 12.6 Å². The van der Waals surface area contributed by atoms with E-state index in [9.17, 15) is 0 Å². The average Bonchev–Trinajstić information content (AvgIpc) is 2.07. The van der Waals surface area contributed by atoms with Gasteiger partial charge in [-0.15, -0.1) is 0 Å². The summed E-state index contributed by atoms with van der Waals surface area (Å²) < 4.78 is 10.1. The predicted octanol–water partition coefficient (Wildman–Crippen LogP) is 1.61. The molecule has 3 nitrogen and oxygen atoms in total. The molecule has 1 atom stereocenters. The molecule has 68 valence electrons.